The van der Waals surface area contributed by atoms with E-state index in [0.29, 0.717) is 6.61 Å². The van der Waals surface area contributed by atoms with E-state index in [-0.39, 0.29) is 5.60 Å². The van der Waals surface area contributed by atoms with Gasteiger partial charge in [0.25, 0.3) is 0 Å². The summed E-state index contributed by atoms with van der Waals surface area (Å²) in [5, 5.41) is 4.43. The van der Waals surface area contributed by atoms with E-state index in [0.717, 1.165) is 17.6 Å². The van der Waals surface area contributed by atoms with Gasteiger partial charge in [-0.3, -0.25) is 0 Å². The zero-order chi connectivity index (χ0) is 13.1. The second-order valence-corrected chi connectivity index (χ2v) is 6.40. The Hall–Kier alpha value is -0.570. The van der Waals surface area contributed by atoms with E-state index in [1.54, 1.807) is 0 Å². The molecule has 0 aromatic heterocycles. The molecule has 2 aliphatic rings. The van der Waals surface area contributed by atoms with Crippen LogP contribution >= 0.6 is 11.6 Å². The molecule has 3 rings (SSSR count). The van der Waals surface area contributed by atoms with Crippen molar-refractivity contribution in [1.82, 2.24) is 5.32 Å². The molecule has 1 N–H and O–H groups in total. The minimum atomic E-state index is 0.0717. The van der Waals surface area contributed by atoms with Crippen molar-refractivity contribution in [2.75, 3.05) is 6.54 Å². The molecule has 0 bridgehead atoms. The molecule has 1 aromatic carbocycles. The summed E-state index contributed by atoms with van der Waals surface area (Å²) in [7, 11) is 0. The van der Waals surface area contributed by atoms with Gasteiger partial charge in [-0.25, -0.2) is 0 Å². The number of nitrogens with one attached hydrogen (secondary N) is 1. The molecule has 0 atom stereocenters. The summed E-state index contributed by atoms with van der Waals surface area (Å²) < 4.78 is 6.29. The highest BCUT2D eigenvalue weighted by Gasteiger charge is 2.36. The van der Waals surface area contributed by atoms with E-state index in [9.17, 15) is 0 Å². The van der Waals surface area contributed by atoms with Crippen molar-refractivity contribution in [2.45, 2.75) is 56.8 Å². The highest BCUT2D eigenvalue weighted by atomic mass is 35.5. The molecule has 2 saturated carbocycles. The van der Waals surface area contributed by atoms with Gasteiger partial charge in [-0.1, -0.05) is 36.6 Å². The average Bonchev–Trinajstić information content (AvgIpc) is 3.15. The van der Waals surface area contributed by atoms with E-state index < -0.39 is 0 Å². The summed E-state index contributed by atoms with van der Waals surface area (Å²) >= 11 is 5.91. The van der Waals surface area contributed by atoms with Gasteiger partial charge in [0, 0.05) is 17.6 Å². The maximum absolute atomic E-state index is 6.29. The number of halogens is 1. The van der Waals surface area contributed by atoms with Crippen LogP contribution in [0.25, 0.3) is 0 Å². The highest BCUT2D eigenvalue weighted by molar-refractivity contribution is 6.30. The van der Waals surface area contributed by atoms with Crippen LogP contribution in [-0.4, -0.2) is 18.2 Å². The van der Waals surface area contributed by atoms with Crippen LogP contribution in [0.15, 0.2) is 24.3 Å². The molecule has 0 heterocycles. The minimum absolute atomic E-state index is 0.0717. The van der Waals surface area contributed by atoms with Gasteiger partial charge in [0.2, 0.25) is 0 Å². The summed E-state index contributed by atoms with van der Waals surface area (Å²) in [4.78, 5) is 0. The van der Waals surface area contributed by atoms with E-state index in [2.05, 4.69) is 17.4 Å². The first-order chi connectivity index (χ1) is 9.26. The van der Waals surface area contributed by atoms with Crippen molar-refractivity contribution in [1.29, 1.82) is 0 Å². The van der Waals surface area contributed by atoms with Crippen LogP contribution in [0.2, 0.25) is 5.02 Å². The third kappa shape index (κ3) is 3.71. The zero-order valence-electron chi connectivity index (χ0n) is 11.3. The molecular formula is C16H22ClNO. The largest absolute Gasteiger partial charge is 0.369 e. The van der Waals surface area contributed by atoms with Crippen molar-refractivity contribution in [3.8, 4) is 0 Å². The fourth-order valence-corrected chi connectivity index (χ4v) is 2.95. The lowest BCUT2D eigenvalue weighted by Gasteiger charge is -2.30. The van der Waals surface area contributed by atoms with Crippen molar-refractivity contribution in [3.63, 3.8) is 0 Å². The van der Waals surface area contributed by atoms with Gasteiger partial charge in [-0.15, -0.1) is 0 Å². The van der Waals surface area contributed by atoms with Crippen molar-refractivity contribution in [2.24, 2.45) is 0 Å². The van der Waals surface area contributed by atoms with Crippen LogP contribution in [-0.2, 0) is 11.3 Å². The summed E-state index contributed by atoms with van der Waals surface area (Å²) in [6.07, 6.45) is 7.67. The Morgan fingerprint density at radius 2 is 1.84 bits per heavy atom. The monoisotopic (exact) mass is 279 g/mol. The lowest BCUT2D eigenvalue weighted by Crippen LogP contribution is -2.41. The standard InChI is InChI=1S/C16H22ClNO/c17-14-5-3-13(4-6-14)11-19-16(9-1-2-10-16)12-18-15-7-8-15/h3-6,15,18H,1-2,7-12H2. The molecule has 0 spiro atoms. The molecular weight excluding hydrogens is 258 g/mol. The second-order valence-electron chi connectivity index (χ2n) is 5.96. The quantitative estimate of drug-likeness (QED) is 0.852. The second kappa shape index (κ2) is 5.82. The molecule has 0 saturated heterocycles. The number of hydrogen-bond donors (Lipinski definition) is 1. The number of benzene rings is 1. The summed E-state index contributed by atoms with van der Waals surface area (Å²) in [6.45, 7) is 1.72. The summed E-state index contributed by atoms with van der Waals surface area (Å²) in [5.74, 6) is 0. The average molecular weight is 280 g/mol. The SMILES string of the molecule is Clc1ccc(COC2(CNC3CC3)CCCC2)cc1. The maximum Gasteiger partial charge on any atom is 0.0810 e. The Labute approximate surface area is 120 Å². The highest BCUT2D eigenvalue weighted by Crippen LogP contribution is 2.34. The topological polar surface area (TPSA) is 21.3 Å². The molecule has 19 heavy (non-hydrogen) atoms. The van der Waals surface area contributed by atoms with Crippen LogP contribution < -0.4 is 5.32 Å². The fraction of sp³-hybridized carbons (Fsp3) is 0.625. The van der Waals surface area contributed by atoms with Gasteiger partial charge < -0.3 is 10.1 Å². The predicted octanol–water partition coefficient (Wildman–Crippen LogP) is 3.92. The molecule has 0 unspecified atom stereocenters. The molecule has 0 amide bonds. The van der Waals surface area contributed by atoms with Crippen LogP contribution in [0.4, 0.5) is 0 Å². The summed E-state index contributed by atoms with van der Waals surface area (Å²) in [5.41, 5.74) is 1.28. The van der Waals surface area contributed by atoms with Crippen molar-refractivity contribution >= 4 is 11.6 Å². The first-order valence-corrected chi connectivity index (χ1v) is 7.75. The Kier molecular flexibility index (Phi) is 4.11. The smallest absolute Gasteiger partial charge is 0.0810 e. The van der Waals surface area contributed by atoms with Crippen LogP contribution in [0.1, 0.15) is 44.1 Å². The van der Waals surface area contributed by atoms with Crippen LogP contribution in [0.3, 0.4) is 0 Å². The van der Waals surface area contributed by atoms with Gasteiger partial charge in [0.1, 0.15) is 0 Å². The predicted molar refractivity (Wildman–Crippen MR) is 78.5 cm³/mol. The normalized spacial score (nSPS) is 21.7. The van der Waals surface area contributed by atoms with Crippen LogP contribution in [0.5, 0.6) is 0 Å². The Bertz CT molecular complexity index is 407. The Morgan fingerprint density at radius 3 is 2.47 bits per heavy atom. The van der Waals surface area contributed by atoms with Gasteiger partial charge >= 0.3 is 0 Å². The van der Waals surface area contributed by atoms with Crippen molar-refractivity contribution in [3.05, 3.63) is 34.9 Å². The molecule has 0 aliphatic heterocycles. The first kappa shape index (κ1) is 13.4. The number of rotatable bonds is 6. The number of ether oxygens (including phenoxy) is 1. The number of hydrogen-bond acceptors (Lipinski definition) is 2. The Balaban J connectivity index is 1.56. The minimum Gasteiger partial charge on any atom is -0.369 e. The first-order valence-electron chi connectivity index (χ1n) is 7.38. The molecule has 1 aromatic rings. The maximum atomic E-state index is 6.29. The zero-order valence-corrected chi connectivity index (χ0v) is 12.1. The third-order valence-electron chi connectivity index (χ3n) is 4.26. The third-order valence-corrected chi connectivity index (χ3v) is 4.52. The molecule has 2 aliphatic carbocycles. The lowest BCUT2D eigenvalue weighted by atomic mass is 10.0. The molecule has 2 fully saturated rings. The molecule has 104 valence electrons. The fourth-order valence-electron chi connectivity index (χ4n) is 2.83. The Morgan fingerprint density at radius 1 is 1.16 bits per heavy atom. The van der Waals surface area contributed by atoms with Gasteiger partial charge in [0.15, 0.2) is 0 Å². The lowest BCUT2D eigenvalue weighted by molar-refractivity contribution is -0.0506. The van der Waals surface area contributed by atoms with Crippen LogP contribution in [0, 0.1) is 0 Å². The van der Waals surface area contributed by atoms with Gasteiger partial charge in [-0.05, 0) is 43.4 Å². The van der Waals surface area contributed by atoms with E-state index >= 15 is 0 Å². The van der Waals surface area contributed by atoms with E-state index in [1.807, 2.05) is 12.1 Å². The molecule has 3 heteroatoms. The molecule has 0 radical (unpaired) electrons. The van der Waals surface area contributed by atoms with E-state index in [1.165, 1.54) is 44.1 Å². The van der Waals surface area contributed by atoms with Gasteiger partial charge in [-0.2, -0.15) is 0 Å². The summed E-state index contributed by atoms with van der Waals surface area (Å²) in [6, 6.07) is 8.74. The van der Waals surface area contributed by atoms with Gasteiger partial charge in [0.05, 0.1) is 12.2 Å². The molecule has 2 nitrogen and oxygen atoms in total. The van der Waals surface area contributed by atoms with E-state index in [4.69, 9.17) is 16.3 Å². The van der Waals surface area contributed by atoms with Crippen molar-refractivity contribution < 1.29 is 4.74 Å².